The van der Waals surface area contributed by atoms with E-state index in [0.29, 0.717) is 5.75 Å². The minimum absolute atomic E-state index is 0.249. The molecule has 1 heterocycles. The van der Waals surface area contributed by atoms with Crippen molar-refractivity contribution in [1.29, 1.82) is 0 Å². The van der Waals surface area contributed by atoms with E-state index in [1.165, 1.54) is 37.5 Å². The van der Waals surface area contributed by atoms with Gasteiger partial charge in [0.2, 0.25) is 10.0 Å². The van der Waals surface area contributed by atoms with Gasteiger partial charge < -0.3 is 4.74 Å². The minimum atomic E-state index is -3.67. The zero-order valence-electron chi connectivity index (χ0n) is 17.8. The van der Waals surface area contributed by atoms with Crippen LogP contribution in [0.1, 0.15) is 54.4 Å². The molecule has 0 atom stereocenters. The first-order valence-corrected chi connectivity index (χ1v) is 12.5. The molecular weight excluding hydrogens is 396 g/mol. The molecule has 2 aromatic rings. The van der Waals surface area contributed by atoms with Gasteiger partial charge in [-0.15, -0.1) is 0 Å². The molecule has 2 aromatic carbocycles. The van der Waals surface area contributed by atoms with Gasteiger partial charge in [0.05, 0.1) is 7.11 Å². The molecule has 1 saturated heterocycles. The summed E-state index contributed by atoms with van der Waals surface area (Å²) in [6, 6.07) is 11.9. The van der Waals surface area contributed by atoms with E-state index in [0.717, 1.165) is 56.4 Å². The Bertz CT molecular complexity index is 982. The van der Waals surface area contributed by atoms with Gasteiger partial charge in [-0.05, 0) is 86.0 Å². The van der Waals surface area contributed by atoms with E-state index < -0.39 is 10.0 Å². The molecular formula is C24H32N2O3S. The number of methoxy groups -OCH3 is 1. The third-order valence-corrected chi connectivity index (χ3v) is 7.75. The van der Waals surface area contributed by atoms with Gasteiger partial charge >= 0.3 is 0 Å². The third kappa shape index (κ3) is 4.88. The van der Waals surface area contributed by atoms with Gasteiger partial charge in [-0.3, -0.25) is 4.90 Å². The average Bonchev–Trinajstić information content (AvgIpc) is 2.78. The van der Waals surface area contributed by atoms with Gasteiger partial charge in [0.1, 0.15) is 10.6 Å². The molecule has 0 radical (unpaired) electrons. The molecule has 1 N–H and O–H groups in total. The summed E-state index contributed by atoms with van der Waals surface area (Å²) in [5, 5.41) is 0. The van der Waals surface area contributed by atoms with Gasteiger partial charge in [0, 0.05) is 13.1 Å². The molecule has 0 bridgehead atoms. The van der Waals surface area contributed by atoms with E-state index >= 15 is 0 Å². The summed E-state index contributed by atoms with van der Waals surface area (Å²) in [5.41, 5.74) is 4.57. The van der Waals surface area contributed by atoms with Crippen molar-refractivity contribution in [3.05, 3.63) is 58.7 Å². The number of benzene rings is 2. The van der Waals surface area contributed by atoms with E-state index in [9.17, 15) is 8.42 Å². The van der Waals surface area contributed by atoms with Crippen LogP contribution in [0, 0.1) is 0 Å². The predicted molar refractivity (Wildman–Crippen MR) is 119 cm³/mol. The van der Waals surface area contributed by atoms with Crippen LogP contribution < -0.4 is 9.46 Å². The monoisotopic (exact) mass is 428 g/mol. The number of rotatable bonds is 7. The first-order valence-electron chi connectivity index (χ1n) is 11.1. The number of nitrogens with one attached hydrogen (secondary N) is 1. The van der Waals surface area contributed by atoms with Crippen molar-refractivity contribution in [2.45, 2.75) is 62.9 Å². The molecule has 5 nitrogen and oxygen atoms in total. The number of piperidine rings is 1. The minimum Gasteiger partial charge on any atom is -0.495 e. The molecule has 6 heteroatoms. The fourth-order valence-electron chi connectivity index (χ4n) is 4.60. The Hall–Kier alpha value is -1.89. The molecule has 0 unspecified atom stereocenters. The van der Waals surface area contributed by atoms with Crippen LogP contribution in [0.3, 0.4) is 0 Å². The molecule has 1 aliphatic heterocycles. The Labute approximate surface area is 180 Å². The smallest absolute Gasteiger partial charge is 0.244 e. The maximum absolute atomic E-state index is 13.2. The average molecular weight is 429 g/mol. The second-order valence-corrected chi connectivity index (χ2v) is 10.1. The highest BCUT2D eigenvalue weighted by atomic mass is 32.2. The fraction of sp³-hybridized carbons (Fsp3) is 0.500. The van der Waals surface area contributed by atoms with E-state index in [1.807, 2.05) is 30.3 Å². The summed E-state index contributed by atoms with van der Waals surface area (Å²) in [7, 11) is -2.13. The molecule has 4 rings (SSSR count). The standard InChI is InChI=1S/C24H32N2O3S/c1-29-23-15-19-9-3-4-10-20(19)16-24(23)30(27,28)25-17-21-11-5-6-12-22(21)18-26-13-7-2-8-14-26/h5-6,11-12,15-16,25H,2-4,7-10,13-14,17-18H2,1H3. The fourth-order valence-corrected chi connectivity index (χ4v) is 5.81. The van der Waals surface area contributed by atoms with Crippen LogP contribution >= 0.6 is 0 Å². The van der Waals surface area contributed by atoms with Crippen LogP contribution in [0.4, 0.5) is 0 Å². The van der Waals surface area contributed by atoms with Crippen LogP contribution in [-0.2, 0) is 36.0 Å². The highest BCUT2D eigenvalue weighted by molar-refractivity contribution is 7.89. The Morgan fingerprint density at radius 3 is 2.30 bits per heavy atom. The van der Waals surface area contributed by atoms with Gasteiger partial charge in [-0.2, -0.15) is 0 Å². The maximum Gasteiger partial charge on any atom is 0.244 e. The van der Waals surface area contributed by atoms with Crippen molar-refractivity contribution in [1.82, 2.24) is 9.62 Å². The number of nitrogens with zero attached hydrogens (tertiary/aromatic N) is 1. The van der Waals surface area contributed by atoms with Crippen LogP contribution in [0.5, 0.6) is 5.75 Å². The lowest BCUT2D eigenvalue weighted by atomic mass is 9.92. The van der Waals surface area contributed by atoms with Gasteiger partial charge in [-0.25, -0.2) is 13.1 Å². The number of sulfonamides is 1. The van der Waals surface area contributed by atoms with Crippen molar-refractivity contribution in [3.63, 3.8) is 0 Å². The number of fused-ring (bicyclic) bond motifs is 1. The zero-order chi connectivity index (χ0) is 21.0. The van der Waals surface area contributed by atoms with Gasteiger partial charge in [-0.1, -0.05) is 30.7 Å². The summed E-state index contributed by atoms with van der Waals surface area (Å²) >= 11 is 0. The first-order chi connectivity index (χ1) is 14.6. The summed E-state index contributed by atoms with van der Waals surface area (Å²) in [5.74, 6) is 0.435. The Morgan fingerprint density at radius 2 is 1.60 bits per heavy atom. The summed E-state index contributed by atoms with van der Waals surface area (Å²) in [6.45, 7) is 3.39. The van der Waals surface area contributed by atoms with Crippen molar-refractivity contribution in [3.8, 4) is 5.75 Å². The third-order valence-electron chi connectivity index (χ3n) is 6.33. The quantitative estimate of drug-likeness (QED) is 0.723. The van der Waals surface area contributed by atoms with Crippen LogP contribution in [-0.4, -0.2) is 33.5 Å². The van der Waals surface area contributed by atoms with Crippen LogP contribution in [0.25, 0.3) is 0 Å². The van der Waals surface area contributed by atoms with Crippen molar-refractivity contribution < 1.29 is 13.2 Å². The number of hydrogen-bond donors (Lipinski definition) is 1. The number of ether oxygens (including phenoxy) is 1. The molecule has 0 amide bonds. The molecule has 0 aromatic heterocycles. The SMILES string of the molecule is COc1cc2c(cc1S(=O)(=O)NCc1ccccc1CN1CCCCC1)CCCC2. The Morgan fingerprint density at radius 1 is 0.933 bits per heavy atom. The zero-order valence-corrected chi connectivity index (χ0v) is 18.6. The molecule has 0 spiro atoms. The first kappa shape index (κ1) is 21.3. The van der Waals surface area contributed by atoms with E-state index in [-0.39, 0.29) is 11.4 Å². The lowest BCUT2D eigenvalue weighted by Gasteiger charge is -2.27. The molecule has 162 valence electrons. The van der Waals surface area contributed by atoms with E-state index in [2.05, 4.69) is 15.7 Å². The van der Waals surface area contributed by atoms with Crippen LogP contribution in [0.2, 0.25) is 0 Å². The Kier molecular flexibility index (Phi) is 6.76. The normalized spacial score (nSPS) is 17.5. The van der Waals surface area contributed by atoms with Gasteiger partial charge in [0.25, 0.3) is 0 Å². The van der Waals surface area contributed by atoms with E-state index in [1.54, 1.807) is 0 Å². The Balaban J connectivity index is 1.52. The lowest BCUT2D eigenvalue weighted by molar-refractivity contribution is 0.220. The van der Waals surface area contributed by atoms with E-state index in [4.69, 9.17) is 4.74 Å². The van der Waals surface area contributed by atoms with Gasteiger partial charge in [0.15, 0.2) is 0 Å². The van der Waals surface area contributed by atoms with Crippen LogP contribution in [0.15, 0.2) is 41.3 Å². The van der Waals surface area contributed by atoms with Crippen molar-refractivity contribution in [2.24, 2.45) is 0 Å². The van der Waals surface area contributed by atoms with Crippen molar-refractivity contribution >= 4 is 10.0 Å². The molecule has 30 heavy (non-hydrogen) atoms. The van der Waals surface area contributed by atoms with Crippen molar-refractivity contribution in [2.75, 3.05) is 20.2 Å². The topological polar surface area (TPSA) is 58.6 Å². The summed E-state index contributed by atoms with van der Waals surface area (Å²) < 4.78 is 34.6. The lowest BCUT2D eigenvalue weighted by Crippen LogP contribution is -2.30. The summed E-state index contributed by atoms with van der Waals surface area (Å²) in [4.78, 5) is 2.71. The largest absolute Gasteiger partial charge is 0.495 e. The number of hydrogen-bond acceptors (Lipinski definition) is 4. The number of likely N-dealkylation sites (tertiary alicyclic amines) is 1. The molecule has 2 aliphatic rings. The summed E-state index contributed by atoms with van der Waals surface area (Å²) in [6.07, 6.45) is 7.97. The molecule has 0 saturated carbocycles. The molecule has 1 fully saturated rings. The molecule has 1 aliphatic carbocycles. The highest BCUT2D eigenvalue weighted by Crippen LogP contribution is 2.32. The maximum atomic E-state index is 13.2. The predicted octanol–water partition coefficient (Wildman–Crippen LogP) is 4.04. The highest BCUT2D eigenvalue weighted by Gasteiger charge is 2.23. The second-order valence-electron chi connectivity index (χ2n) is 8.41. The second kappa shape index (κ2) is 9.50. The number of aryl methyl sites for hydroxylation is 2.